The number of hydrogen-bond acceptors (Lipinski definition) is 4. The van der Waals surface area contributed by atoms with Crippen LogP contribution in [0.15, 0.2) is 59.8 Å². The molecule has 0 aromatic heterocycles. The molecule has 1 aliphatic heterocycles. The lowest BCUT2D eigenvalue weighted by Crippen LogP contribution is -2.48. The van der Waals surface area contributed by atoms with Crippen molar-refractivity contribution in [2.45, 2.75) is 12.5 Å². The molecule has 1 saturated heterocycles. The minimum absolute atomic E-state index is 0.133. The molecular weight excluding hydrogens is 286 g/mol. The van der Waals surface area contributed by atoms with E-state index in [2.05, 4.69) is 69.6 Å². The summed E-state index contributed by atoms with van der Waals surface area (Å²) < 4.78 is 0. The molecule has 4 rings (SSSR count). The van der Waals surface area contributed by atoms with Gasteiger partial charge in [-0.2, -0.15) is 0 Å². The Labute approximate surface area is 136 Å². The van der Waals surface area contributed by atoms with Gasteiger partial charge in [-0.25, -0.2) is 0 Å². The average molecular weight is 307 g/mol. The Morgan fingerprint density at radius 2 is 1.57 bits per heavy atom. The first-order valence-electron chi connectivity index (χ1n) is 8.19. The second-order valence-corrected chi connectivity index (χ2v) is 6.23. The van der Waals surface area contributed by atoms with Crippen molar-refractivity contribution >= 4 is 11.4 Å². The highest BCUT2D eigenvalue weighted by Crippen LogP contribution is 2.34. The topological polar surface area (TPSA) is 39.1 Å². The third-order valence-corrected chi connectivity index (χ3v) is 4.97. The molecule has 0 radical (unpaired) electrons. The van der Waals surface area contributed by atoms with E-state index in [4.69, 9.17) is 0 Å². The van der Waals surface area contributed by atoms with Gasteiger partial charge in [0.1, 0.15) is 0 Å². The Hall–Kier alpha value is -2.33. The monoisotopic (exact) mass is 307 g/mol. The highest BCUT2D eigenvalue weighted by atomic mass is 16.4. The standard InChI is InChI=1S/C19H21N3O/c23-20-18-14-15-6-4-5-9-17(15)19(18)22-12-10-21(11-13-22)16-7-2-1-3-8-16/h1-9,19,23H,10-14H2/b20-18-/t19-/m0/s1. The van der Waals surface area contributed by atoms with E-state index in [9.17, 15) is 5.21 Å². The molecule has 1 fully saturated rings. The maximum absolute atomic E-state index is 9.42. The van der Waals surface area contributed by atoms with E-state index in [1.807, 2.05) is 0 Å². The van der Waals surface area contributed by atoms with Crippen molar-refractivity contribution in [3.8, 4) is 0 Å². The van der Waals surface area contributed by atoms with Gasteiger partial charge in [-0.15, -0.1) is 0 Å². The van der Waals surface area contributed by atoms with Gasteiger partial charge in [-0.1, -0.05) is 47.6 Å². The van der Waals surface area contributed by atoms with Crippen LogP contribution >= 0.6 is 0 Å². The van der Waals surface area contributed by atoms with Gasteiger partial charge in [-0.05, 0) is 23.3 Å². The van der Waals surface area contributed by atoms with Gasteiger partial charge in [0, 0.05) is 38.3 Å². The van der Waals surface area contributed by atoms with Crippen LogP contribution in [-0.4, -0.2) is 42.0 Å². The second kappa shape index (κ2) is 6.05. The van der Waals surface area contributed by atoms with Crippen molar-refractivity contribution in [1.29, 1.82) is 0 Å². The molecule has 4 nitrogen and oxygen atoms in total. The van der Waals surface area contributed by atoms with E-state index in [-0.39, 0.29) is 6.04 Å². The minimum Gasteiger partial charge on any atom is -0.411 e. The van der Waals surface area contributed by atoms with E-state index in [1.165, 1.54) is 16.8 Å². The Balaban J connectivity index is 1.52. The first-order chi connectivity index (χ1) is 11.4. The molecule has 4 heteroatoms. The fraction of sp³-hybridized carbons (Fsp3) is 0.316. The Bertz CT molecular complexity index is 706. The molecule has 1 heterocycles. The predicted molar refractivity (Wildman–Crippen MR) is 92.3 cm³/mol. The minimum atomic E-state index is 0.133. The van der Waals surface area contributed by atoms with Crippen LogP contribution in [0.4, 0.5) is 5.69 Å². The SMILES string of the molecule is O/N=C1/Cc2ccccc2[C@@H]1N1CCN(c2ccccc2)CC1. The van der Waals surface area contributed by atoms with Gasteiger partial charge in [0.15, 0.2) is 0 Å². The number of anilines is 1. The molecule has 0 spiro atoms. The van der Waals surface area contributed by atoms with E-state index >= 15 is 0 Å². The molecule has 118 valence electrons. The summed E-state index contributed by atoms with van der Waals surface area (Å²) in [6.45, 7) is 3.96. The summed E-state index contributed by atoms with van der Waals surface area (Å²) in [4.78, 5) is 4.87. The number of fused-ring (bicyclic) bond motifs is 1. The zero-order valence-corrected chi connectivity index (χ0v) is 13.1. The van der Waals surface area contributed by atoms with E-state index in [0.29, 0.717) is 0 Å². The summed E-state index contributed by atoms with van der Waals surface area (Å²) in [6.07, 6.45) is 0.760. The van der Waals surface area contributed by atoms with E-state index in [1.54, 1.807) is 0 Å². The largest absolute Gasteiger partial charge is 0.411 e. The lowest BCUT2D eigenvalue weighted by atomic mass is 10.1. The number of hydrogen-bond donors (Lipinski definition) is 1. The smallest absolute Gasteiger partial charge is 0.0831 e. The zero-order valence-electron chi connectivity index (χ0n) is 13.1. The normalized spacial score (nSPS) is 23.2. The van der Waals surface area contributed by atoms with Gasteiger partial charge in [0.05, 0.1) is 11.8 Å². The molecule has 1 aliphatic carbocycles. The molecule has 2 aliphatic rings. The first kappa shape index (κ1) is 14.3. The zero-order chi connectivity index (χ0) is 15.6. The molecule has 0 bridgehead atoms. The van der Waals surface area contributed by atoms with Crippen molar-refractivity contribution in [1.82, 2.24) is 4.90 Å². The van der Waals surface area contributed by atoms with Crippen molar-refractivity contribution in [2.75, 3.05) is 31.1 Å². The second-order valence-electron chi connectivity index (χ2n) is 6.23. The third kappa shape index (κ3) is 2.59. The number of para-hydroxylation sites is 1. The van der Waals surface area contributed by atoms with Crippen LogP contribution in [0.2, 0.25) is 0 Å². The number of oxime groups is 1. The third-order valence-electron chi connectivity index (χ3n) is 4.97. The lowest BCUT2D eigenvalue weighted by molar-refractivity contribution is 0.224. The molecule has 0 saturated carbocycles. The van der Waals surface area contributed by atoms with Crippen LogP contribution in [0, 0.1) is 0 Å². The number of rotatable bonds is 2. The highest BCUT2D eigenvalue weighted by molar-refractivity contribution is 5.96. The molecule has 2 aromatic carbocycles. The van der Waals surface area contributed by atoms with E-state index < -0.39 is 0 Å². The molecule has 0 amide bonds. The number of benzene rings is 2. The van der Waals surface area contributed by atoms with Crippen LogP contribution in [0.25, 0.3) is 0 Å². The molecule has 0 unspecified atom stereocenters. The van der Waals surface area contributed by atoms with Gasteiger partial charge < -0.3 is 10.1 Å². The van der Waals surface area contributed by atoms with Gasteiger partial charge >= 0.3 is 0 Å². The maximum atomic E-state index is 9.42. The summed E-state index contributed by atoms with van der Waals surface area (Å²) in [5.74, 6) is 0. The quantitative estimate of drug-likeness (QED) is 0.685. The van der Waals surface area contributed by atoms with Crippen LogP contribution < -0.4 is 4.90 Å². The molecule has 1 N–H and O–H groups in total. The van der Waals surface area contributed by atoms with Crippen molar-refractivity contribution in [2.24, 2.45) is 5.16 Å². The summed E-state index contributed by atoms with van der Waals surface area (Å²) in [7, 11) is 0. The van der Waals surface area contributed by atoms with Crippen LogP contribution in [0.1, 0.15) is 17.2 Å². The van der Waals surface area contributed by atoms with Crippen molar-refractivity contribution < 1.29 is 5.21 Å². The molecule has 1 atom stereocenters. The summed E-state index contributed by atoms with van der Waals surface area (Å²) >= 11 is 0. The summed E-state index contributed by atoms with van der Waals surface area (Å²) in [5, 5.41) is 13.0. The molecule has 2 aromatic rings. The Morgan fingerprint density at radius 1 is 0.870 bits per heavy atom. The fourth-order valence-corrected chi connectivity index (χ4v) is 3.81. The van der Waals surface area contributed by atoms with Crippen LogP contribution in [0.5, 0.6) is 0 Å². The molecular formula is C19H21N3O. The maximum Gasteiger partial charge on any atom is 0.0831 e. The summed E-state index contributed by atoms with van der Waals surface area (Å²) in [6, 6.07) is 19.1. The average Bonchev–Trinajstić information content (AvgIpc) is 3.01. The Kier molecular flexibility index (Phi) is 3.75. The highest BCUT2D eigenvalue weighted by Gasteiger charge is 2.35. The van der Waals surface area contributed by atoms with Gasteiger partial charge in [-0.3, -0.25) is 4.90 Å². The van der Waals surface area contributed by atoms with Crippen LogP contribution in [0.3, 0.4) is 0 Å². The number of piperazine rings is 1. The summed E-state index contributed by atoms with van der Waals surface area (Å²) in [5.41, 5.74) is 4.75. The first-order valence-corrected chi connectivity index (χ1v) is 8.19. The van der Waals surface area contributed by atoms with Crippen molar-refractivity contribution in [3.05, 3.63) is 65.7 Å². The van der Waals surface area contributed by atoms with Gasteiger partial charge in [0.25, 0.3) is 0 Å². The predicted octanol–water partition coefficient (Wildman–Crippen LogP) is 2.94. The fourth-order valence-electron chi connectivity index (χ4n) is 3.81. The molecule has 23 heavy (non-hydrogen) atoms. The Morgan fingerprint density at radius 3 is 2.30 bits per heavy atom. The van der Waals surface area contributed by atoms with Crippen LogP contribution in [-0.2, 0) is 6.42 Å². The van der Waals surface area contributed by atoms with E-state index in [0.717, 1.165) is 38.3 Å². The number of nitrogens with zero attached hydrogens (tertiary/aromatic N) is 3. The van der Waals surface area contributed by atoms with Crippen molar-refractivity contribution in [3.63, 3.8) is 0 Å². The lowest BCUT2D eigenvalue weighted by Gasteiger charge is -2.39. The van der Waals surface area contributed by atoms with Gasteiger partial charge in [0.2, 0.25) is 0 Å².